The Kier molecular flexibility index (Phi) is 6.30. The maximum atomic E-state index is 13.4. The van der Waals surface area contributed by atoms with Gasteiger partial charge in [-0.25, -0.2) is 0 Å². The van der Waals surface area contributed by atoms with Crippen molar-refractivity contribution in [2.45, 2.75) is 26.4 Å². The monoisotopic (exact) mass is 382 g/mol. The molecule has 0 aliphatic heterocycles. The van der Waals surface area contributed by atoms with Gasteiger partial charge in [0.1, 0.15) is 0 Å². The van der Waals surface area contributed by atoms with E-state index in [1.807, 2.05) is 0 Å². The first-order valence-electron chi connectivity index (χ1n) is 8.32. The van der Waals surface area contributed by atoms with Crippen molar-refractivity contribution in [2.75, 3.05) is 19.0 Å². The Balaban J connectivity index is 2.15. The van der Waals surface area contributed by atoms with Gasteiger partial charge in [-0.2, -0.15) is 13.2 Å². The predicted octanol–water partition coefficient (Wildman–Crippen LogP) is 3.80. The molecule has 0 saturated heterocycles. The minimum Gasteiger partial charge on any atom is -0.501 e. The lowest BCUT2D eigenvalue weighted by atomic mass is 9.86. The number of hydrogen-bond acceptors (Lipinski definition) is 3. The molecule has 8 heteroatoms. The number of carbonyl (C=O) groups excluding carboxylic acids is 2. The van der Waals surface area contributed by atoms with E-state index in [1.54, 1.807) is 19.1 Å². The predicted molar refractivity (Wildman–Crippen MR) is 95.0 cm³/mol. The standard InChI is InChI=1S/C19H21F3N2O3/c1-11-8-15(27-3)9-17(19(20,21)22)16(11)10-23-18(26)13-4-6-14(7-5-13)24-12(2)25/h4-7,9,11H,8,10H2,1-3H3,(H,23,26)(H,24,25). The van der Waals surface area contributed by atoms with Crippen LogP contribution in [0.1, 0.15) is 30.6 Å². The van der Waals surface area contributed by atoms with E-state index >= 15 is 0 Å². The Labute approximate surface area is 155 Å². The Morgan fingerprint density at radius 2 is 1.85 bits per heavy atom. The highest BCUT2D eigenvalue weighted by Crippen LogP contribution is 2.38. The van der Waals surface area contributed by atoms with Crippen LogP contribution in [-0.4, -0.2) is 31.6 Å². The number of carbonyl (C=O) groups is 2. The van der Waals surface area contributed by atoms with Crippen molar-refractivity contribution in [3.05, 3.63) is 52.8 Å². The third kappa shape index (κ3) is 5.35. The van der Waals surface area contributed by atoms with Crippen LogP contribution >= 0.6 is 0 Å². The molecule has 0 spiro atoms. The van der Waals surface area contributed by atoms with Crippen molar-refractivity contribution in [1.29, 1.82) is 0 Å². The number of ether oxygens (including phenoxy) is 1. The van der Waals surface area contributed by atoms with Crippen molar-refractivity contribution < 1.29 is 27.5 Å². The molecule has 2 N–H and O–H groups in total. The second kappa shape index (κ2) is 8.28. The topological polar surface area (TPSA) is 67.4 Å². The molecule has 5 nitrogen and oxygen atoms in total. The minimum atomic E-state index is -4.53. The number of hydrogen-bond donors (Lipinski definition) is 2. The van der Waals surface area contributed by atoms with E-state index in [0.29, 0.717) is 12.1 Å². The maximum absolute atomic E-state index is 13.4. The molecule has 0 bridgehead atoms. The van der Waals surface area contributed by atoms with Gasteiger partial charge in [-0.1, -0.05) is 6.92 Å². The zero-order chi connectivity index (χ0) is 20.2. The van der Waals surface area contributed by atoms with E-state index in [4.69, 9.17) is 4.74 Å². The lowest BCUT2D eigenvalue weighted by Crippen LogP contribution is -2.31. The number of rotatable bonds is 5. The zero-order valence-corrected chi connectivity index (χ0v) is 15.2. The van der Waals surface area contributed by atoms with Gasteiger partial charge in [-0.05, 0) is 41.8 Å². The lowest BCUT2D eigenvalue weighted by molar-refractivity contribution is -0.114. The molecule has 1 aliphatic carbocycles. The van der Waals surface area contributed by atoms with Gasteiger partial charge in [0.25, 0.3) is 5.91 Å². The molecule has 146 valence electrons. The van der Waals surface area contributed by atoms with E-state index in [0.717, 1.165) is 6.08 Å². The zero-order valence-electron chi connectivity index (χ0n) is 15.2. The van der Waals surface area contributed by atoms with Crippen LogP contribution in [0.15, 0.2) is 47.2 Å². The summed E-state index contributed by atoms with van der Waals surface area (Å²) in [6.07, 6.45) is -3.20. The van der Waals surface area contributed by atoms with E-state index in [9.17, 15) is 22.8 Å². The molecule has 1 aromatic carbocycles. The second-order valence-electron chi connectivity index (χ2n) is 6.30. The average Bonchev–Trinajstić information content (AvgIpc) is 2.59. The lowest BCUT2D eigenvalue weighted by Gasteiger charge is -2.26. The third-order valence-electron chi connectivity index (χ3n) is 4.23. The first-order chi connectivity index (χ1) is 12.6. The average molecular weight is 382 g/mol. The molecule has 1 unspecified atom stereocenters. The Hall–Kier alpha value is -2.77. The van der Waals surface area contributed by atoms with E-state index < -0.39 is 23.6 Å². The quantitative estimate of drug-likeness (QED) is 0.814. The highest BCUT2D eigenvalue weighted by Gasteiger charge is 2.38. The number of alkyl halides is 3. The molecule has 2 rings (SSSR count). The van der Waals surface area contributed by atoms with Crippen molar-refractivity contribution in [3.8, 4) is 0 Å². The number of nitrogens with one attached hydrogen (secondary N) is 2. The van der Waals surface area contributed by atoms with Crippen molar-refractivity contribution in [3.63, 3.8) is 0 Å². The minimum absolute atomic E-state index is 0.117. The van der Waals surface area contributed by atoms with Gasteiger partial charge >= 0.3 is 6.18 Å². The summed E-state index contributed by atoms with van der Waals surface area (Å²) in [5.74, 6) is -0.886. The molecule has 0 fully saturated rings. The first-order valence-corrected chi connectivity index (χ1v) is 8.32. The first kappa shape index (κ1) is 20.5. The van der Waals surface area contributed by atoms with E-state index in [-0.39, 0.29) is 29.3 Å². The molecule has 0 saturated carbocycles. The van der Waals surface area contributed by atoms with Gasteiger partial charge < -0.3 is 15.4 Å². The molecular weight excluding hydrogens is 361 g/mol. The molecular formula is C19H21F3N2O3. The van der Waals surface area contributed by atoms with Crippen LogP contribution in [0.3, 0.4) is 0 Å². The smallest absolute Gasteiger partial charge is 0.416 e. The van der Waals surface area contributed by atoms with Crippen LogP contribution in [0.25, 0.3) is 0 Å². The van der Waals surface area contributed by atoms with Crippen LogP contribution in [0.2, 0.25) is 0 Å². The van der Waals surface area contributed by atoms with Gasteiger partial charge in [0.05, 0.1) is 18.4 Å². The number of amides is 2. The van der Waals surface area contributed by atoms with Crippen LogP contribution in [0.4, 0.5) is 18.9 Å². The molecule has 2 amide bonds. The number of methoxy groups -OCH3 is 1. The fraction of sp³-hybridized carbons (Fsp3) is 0.368. The van der Waals surface area contributed by atoms with E-state index in [2.05, 4.69) is 10.6 Å². The van der Waals surface area contributed by atoms with E-state index in [1.165, 1.54) is 26.2 Å². The summed E-state index contributed by atoms with van der Waals surface area (Å²) in [7, 11) is 1.34. The Morgan fingerprint density at radius 3 is 2.37 bits per heavy atom. The van der Waals surface area contributed by atoms with Crippen LogP contribution in [0.5, 0.6) is 0 Å². The highest BCUT2D eigenvalue weighted by atomic mass is 19.4. The number of allylic oxidation sites excluding steroid dienone is 3. The maximum Gasteiger partial charge on any atom is 0.416 e. The Bertz CT molecular complexity index is 780. The van der Waals surface area contributed by atoms with Gasteiger partial charge in [-0.15, -0.1) is 0 Å². The number of benzene rings is 1. The van der Waals surface area contributed by atoms with Crippen LogP contribution < -0.4 is 10.6 Å². The molecule has 0 aromatic heterocycles. The Morgan fingerprint density at radius 1 is 1.22 bits per heavy atom. The summed E-state index contributed by atoms with van der Waals surface area (Å²) in [6.45, 7) is 2.82. The molecule has 1 atom stereocenters. The molecule has 27 heavy (non-hydrogen) atoms. The summed E-state index contributed by atoms with van der Waals surface area (Å²) in [5.41, 5.74) is 0.153. The number of anilines is 1. The highest BCUT2D eigenvalue weighted by molar-refractivity contribution is 5.95. The normalized spacial score (nSPS) is 17.3. The van der Waals surface area contributed by atoms with Gasteiger partial charge in [0.15, 0.2) is 0 Å². The number of halogens is 3. The fourth-order valence-electron chi connectivity index (χ4n) is 2.86. The van der Waals surface area contributed by atoms with Gasteiger partial charge in [0.2, 0.25) is 5.91 Å². The summed E-state index contributed by atoms with van der Waals surface area (Å²) in [4.78, 5) is 23.3. The third-order valence-corrected chi connectivity index (χ3v) is 4.23. The molecule has 1 aromatic rings. The van der Waals surface area contributed by atoms with Crippen molar-refractivity contribution >= 4 is 17.5 Å². The fourth-order valence-corrected chi connectivity index (χ4v) is 2.86. The summed E-state index contributed by atoms with van der Waals surface area (Å²) < 4.78 is 45.1. The molecule has 0 heterocycles. The second-order valence-corrected chi connectivity index (χ2v) is 6.30. The largest absolute Gasteiger partial charge is 0.501 e. The van der Waals surface area contributed by atoms with Crippen molar-refractivity contribution in [2.24, 2.45) is 5.92 Å². The van der Waals surface area contributed by atoms with Crippen molar-refractivity contribution in [1.82, 2.24) is 5.32 Å². The van der Waals surface area contributed by atoms with Crippen LogP contribution in [0, 0.1) is 5.92 Å². The van der Waals surface area contributed by atoms with Gasteiger partial charge in [0, 0.05) is 31.1 Å². The SMILES string of the molecule is COC1=CC(C(F)(F)F)=C(CNC(=O)c2ccc(NC(C)=O)cc2)C(C)C1. The summed E-state index contributed by atoms with van der Waals surface area (Å²) >= 11 is 0. The molecule has 0 radical (unpaired) electrons. The summed E-state index contributed by atoms with van der Waals surface area (Å²) in [5, 5.41) is 5.11. The van der Waals surface area contributed by atoms with Gasteiger partial charge in [-0.3, -0.25) is 9.59 Å². The molecule has 1 aliphatic rings. The summed E-state index contributed by atoms with van der Waals surface area (Å²) in [6, 6.07) is 6.08. The van der Waals surface area contributed by atoms with Crippen LogP contribution in [-0.2, 0) is 9.53 Å².